The minimum absolute atomic E-state index is 0.0806. The number of ether oxygens (including phenoxy) is 3. The van der Waals surface area contributed by atoms with E-state index < -0.39 is 6.10 Å². The van der Waals surface area contributed by atoms with Crippen molar-refractivity contribution >= 4 is 17.9 Å². The Hall–Kier alpha value is -2.89. The Bertz CT molecular complexity index is 1250. The Kier molecular flexibility index (Phi) is 55.3. The van der Waals surface area contributed by atoms with Crippen LogP contribution in [0.5, 0.6) is 0 Å². The van der Waals surface area contributed by atoms with Gasteiger partial charge < -0.3 is 14.2 Å². The van der Waals surface area contributed by atoms with Gasteiger partial charge in [0, 0.05) is 19.3 Å². The molecule has 0 aliphatic carbocycles. The first-order chi connectivity index (χ1) is 34.0. The van der Waals surface area contributed by atoms with E-state index in [0.29, 0.717) is 19.3 Å². The lowest BCUT2D eigenvalue weighted by atomic mass is 10.1. The van der Waals surface area contributed by atoms with Crippen LogP contribution in [-0.4, -0.2) is 37.2 Å². The van der Waals surface area contributed by atoms with Gasteiger partial charge in [0.1, 0.15) is 13.2 Å². The Balaban J connectivity index is 4.38. The molecule has 0 saturated carbocycles. The van der Waals surface area contributed by atoms with E-state index in [9.17, 15) is 14.4 Å². The third-order valence-electron chi connectivity index (χ3n) is 13.0. The highest BCUT2D eigenvalue weighted by atomic mass is 16.6. The fraction of sp³-hybridized carbons (Fsp3) is 0.794. The molecular weight excluding hydrogens is 853 g/mol. The summed E-state index contributed by atoms with van der Waals surface area (Å²) in [5.74, 6) is -0.889. The van der Waals surface area contributed by atoms with Gasteiger partial charge in [0.15, 0.2) is 6.10 Å². The molecule has 0 aromatic carbocycles. The second-order valence-electron chi connectivity index (χ2n) is 19.9. The molecule has 0 saturated heterocycles. The van der Waals surface area contributed by atoms with Crippen LogP contribution >= 0.6 is 0 Å². The van der Waals surface area contributed by atoms with Crippen LogP contribution in [0.15, 0.2) is 60.8 Å². The standard InChI is InChI=1S/C63H112O6/c1-4-7-10-13-16-19-22-25-28-30-31-33-35-38-41-44-47-50-53-56-62(65)68-59-60(58-67-61(64)55-52-49-46-43-40-37-34-27-24-21-18-15-12-9-6-3)69-63(66)57-54-51-48-45-42-39-36-32-29-26-23-20-17-14-11-8-5-2/h8,11,17,20,25-29,34,60H,4-7,9-10,12-16,18-19,21-24,30-33,35-59H2,1-3H3/b11-8-,20-17-,28-25-,29-26-,34-27-. The maximum absolute atomic E-state index is 12.9. The maximum atomic E-state index is 12.9. The predicted octanol–water partition coefficient (Wildman–Crippen LogP) is 20.0. The average Bonchev–Trinajstić information content (AvgIpc) is 3.35. The fourth-order valence-corrected chi connectivity index (χ4v) is 8.51. The third-order valence-corrected chi connectivity index (χ3v) is 13.0. The van der Waals surface area contributed by atoms with Crippen LogP contribution in [0.25, 0.3) is 0 Å². The van der Waals surface area contributed by atoms with Crippen LogP contribution in [0.2, 0.25) is 0 Å². The molecule has 0 amide bonds. The van der Waals surface area contributed by atoms with Crippen LogP contribution in [-0.2, 0) is 28.6 Å². The van der Waals surface area contributed by atoms with Gasteiger partial charge in [-0.2, -0.15) is 0 Å². The highest BCUT2D eigenvalue weighted by molar-refractivity contribution is 5.71. The molecule has 0 radical (unpaired) electrons. The van der Waals surface area contributed by atoms with Crippen LogP contribution in [0.3, 0.4) is 0 Å². The van der Waals surface area contributed by atoms with E-state index in [1.54, 1.807) is 0 Å². The summed E-state index contributed by atoms with van der Waals surface area (Å²) in [6, 6.07) is 0. The maximum Gasteiger partial charge on any atom is 0.306 e. The zero-order chi connectivity index (χ0) is 50.0. The summed E-state index contributed by atoms with van der Waals surface area (Å²) in [6.45, 7) is 6.53. The number of unbranched alkanes of at least 4 members (excludes halogenated alkanes) is 33. The van der Waals surface area contributed by atoms with Crippen molar-refractivity contribution in [2.24, 2.45) is 0 Å². The first-order valence-corrected chi connectivity index (χ1v) is 29.8. The predicted molar refractivity (Wildman–Crippen MR) is 298 cm³/mol. The van der Waals surface area contributed by atoms with Gasteiger partial charge in [0.25, 0.3) is 0 Å². The Morgan fingerprint density at radius 3 is 0.899 bits per heavy atom. The molecule has 6 nitrogen and oxygen atoms in total. The zero-order valence-electron chi connectivity index (χ0n) is 45.8. The van der Waals surface area contributed by atoms with Crippen molar-refractivity contribution in [2.45, 2.75) is 309 Å². The van der Waals surface area contributed by atoms with Gasteiger partial charge in [-0.25, -0.2) is 0 Å². The smallest absolute Gasteiger partial charge is 0.306 e. The SMILES string of the molecule is CC/C=C\C/C=C\C/C=C\CCCCCCCCCC(=O)OC(COC(=O)CCCCCCC/C=C\CCCCCCCC)COC(=O)CCCCCCCCCCC/C=C\CCCCCCCC. The molecule has 69 heavy (non-hydrogen) atoms. The third kappa shape index (κ3) is 55.9. The molecule has 0 bridgehead atoms. The quantitative estimate of drug-likeness (QED) is 0.0262. The highest BCUT2D eigenvalue weighted by Crippen LogP contribution is 2.16. The van der Waals surface area contributed by atoms with Crippen molar-refractivity contribution in [2.75, 3.05) is 13.2 Å². The molecule has 0 aromatic rings. The lowest BCUT2D eigenvalue weighted by molar-refractivity contribution is -0.167. The molecule has 1 atom stereocenters. The van der Waals surface area contributed by atoms with Crippen molar-refractivity contribution in [1.29, 1.82) is 0 Å². The van der Waals surface area contributed by atoms with Gasteiger partial charge in [-0.1, -0.05) is 242 Å². The van der Waals surface area contributed by atoms with Gasteiger partial charge in [-0.05, 0) is 103 Å². The summed E-state index contributed by atoms with van der Waals surface area (Å²) in [4.78, 5) is 38.2. The molecule has 0 rings (SSSR count). The second-order valence-corrected chi connectivity index (χ2v) is 19.9. The van der Waals surface area contributed by atoms with E-state index in [4.69, 9.17) is 14.2 Å². The Morgan fingerprint density at radius 2 is 0.565 bits per heavy atom. The Labute approximate surface area is 428 Å². The number of esters is 3. The molecule has 0 aliphatic heterocycles. The number of hydrogen-bond acceptors (Lipinski definition) is 6. The van der Waals surface area contributed by atoms with Crippen molar-refractivity contribution in [1.82, 2.24) is 0 Å². The van der Waals surface area contributed by atoms with Crippen LogP contribution < -0.4 is 0 Å². The number of allylic oxidation sites excluding steroid dienone is 10. The van der Waals surface area contributed by atoms with E-state index >= 15 is 0 Å². The molecule has 6 heteroatoms. The first-order valence-electron chi connectivity index (χ1n) is 29.8. The normalized spacial score (nSPS) is 12.4. The monoisotopic (exact) mass is 965 g/mol. The molecule has 0 fully saturated rings. The summed E-state index contributed by atoms with van der Waals surface area (Å²) in [5, 5.41) is 0. The summed E-state index contributed by atoms with van der Waals surface area (Å²) in [7, 11) is 0. The van der Waals surface area contributed by atoms with Gasteiger partial charge >= 0.3 is 17.9 Å². The molecule has 1 unspecified atom stereocenters. The lowest BCUT2D eigenvalue weighted by Crippen LogP contribution is -2.30. The molecule has 0 aromatic heterocycles. The average molecular weight is 966 g/mol. The topological polar surface area (TPSA) is 78.9 Å². The van der Waals surface area contributed by atoms with E-state index in [1.807, 2.05) is 0 Å². The fourth-order valence-electron chi connectivity index (χ4n) is 8.51. The number of carbonyl (C=O) groups excluding carboxylic acids is 3. The number of hydrogen-bond donors (Lipinski definition) is 0. The van der Waals surface area contributed by atoms with Crippen LogP contribution in [0.4, 0.5) is 0 Å². The number of rotatable bonds is 54. The zero-order valence-corrected chi connectivity index (χ0v) is 45.8. The van der Waals surface area contributed by atoms with Crippen LogP contribution in [0.1, 0.15) is 303 Å². The summed E-state index contributed by atoms with van der Waals surface area (Å²) >= 11 is 0. The number of carbonyl (C=O) groups is 3. The van der Waals surface area contributed by atoms with Crippen molar-refractivity contribution in [3.05, 3.63) is 60.8 Å². The molecule has 0 N–H and O–H groups in total. The van der Waals surface area contributed by atoms with Gasteiger partial charge in [0.2, 0.25) is 0 Å². The lowest BCUT2D eigenvalue weighted by Gasteiger charge is -2.18. The van der Waals surface area contributed by atoms with Crippen molar-refractivity contribution < 1.29 is 28.6 Å². The molecule has 400 valence electrons. The summed E-state index contributed by atoms with van der Waals surface area (Å²) in [6.07, 6.45) is 72.1. The van der Waals surface area contributed by atoms with E-state index in [-0.39, 0.29) is 31.1 Å². The Morgan fingerprint density at radius 1 is 0.304 bits per heavy atom. The van der Waals surface area contributed by atoms with Gasteiger partial charge in [-0.15, -0.1) is 0 Å². The van der Waals surface area contributed by atoms with Gasteiger partial charge in [0.05, 0.1) is 0 Å². The largest absolute Gasteiger partial charge is 0.462 e. The first kappa shape index (κ1) is 66.1. The van der Waals surface area contributed by atoms with E-state index in [0.717, 1.165) is 89.9 Å². The van der Waals surface area contributed by atoms with Crippen molar-refractivity contribution in [3.63, 3.8) is 0 Å². The minimum Gasteiger partial charge on any atom is -0.462 e. The van der Waals surface area contributed by atoms with E-state index in [2.05, 4.69) is 81.5 Å². The summed E-state index contributed by atoms with van der Waals surface area (Å²) < 4.78 is 16.9. The molecule has 0 heterocycles. The molecule has 0 spiro atoms. The highest BCUT2D eigenvalue weighted by Gasteiger charge is 2.19. The molecule has 0 aliphatic rings. The van der Waals surface area contributed by atoms with Crippen molar-refractivity contribution in [3.8, 4) is 0 Å². The van der Waals surface area contributed by atoms with Crippen LogP contribution in [0, 0.1) is 0 Å². The molecular formula is C63H112O6. The summed E-state index contributed by atoms with van der Waals surface area (Å²) in [5.41, 5.74) is 0. The second kappa shape index (κ2) is 57.7. The van der Waals surface area contributed by atoms with E-state index in [1.165, 1.54) is 173 Å². The van der Waals surface area contributed by atoms with Gasteiger partial charge in [-0.3, -0.25) is 14.4 Å². The minimum atomic E-state index is -0.784.